The molecule has 0 aliphatic carbocycles. The largest absolute Gasteiger partial charge is 0.477 e. The first kappa shape index (κ1) is 15.8. The molecule has 0 saturated carbocycles. The van der Waals surface area contributed by atoms with E-state index in [2.05, 4.69) is 15.3 Å². The second-order valence-electron chi connectivity index (χ2n) is 3.99. The predicted octanol–water partition coefficient (Wildman–Crippen LogP) is 2.97. The molecule has 114 valence electrons. The lowest BCUT2D eigenvalue weighted by Crippen LogP contribution is -2.17. The number of rotatable bonds is 4. The van der Waals surface area contributed by atoms with Crippen LogP contribution >= 0.6 is 22.9 Å². The molecule has 0 fully saturated rings. The van der Waals surface area contributed by atoms with Crippen molar-refractivity contribution in [3.63, 3.8) is 0 Å². The second kappa shape index (κ2) is 6.92. The first-order chi connectivity index (χ1) is 10.5. The number of hydrogen-bond donors (Lipinski definition) is 3. The number of carboxylic acids is 1. The van der Waals surface area contributed by atoms with Gasteiger partial charge < -0.3 is 10.8 Å². The molecule has 0 spiro atoms. The van der Waals surface area contributed by atoms with Crippen molar-refractivity contribution in [2.24, 2.45) is 10.9 Å². The van der Waals surface area contributed by atoms with Gasteiger partial charge in [-0.3, -0.25) is 10.2 Å². The Labute approximate surface area is 133 Å². The highest BCUT2D eigenvalue weighted by Crippen LogP contribution is 2.15. The molecule has 0 radical (unpaired) electrons. The number of benzene rings is 1. The van der Waals surface area contributed by atoms with Crippen LogP contribution in [0.25, 0.3) is 0 Å². The van der Waals surface area contributed by atoms with Gasteiger partial charge in [-0.2, -0.15) is 0 Å². The number of amidine groups is 1. The quantitative estimate of drug-likeness (QED) is 0.343. The minimum absolute atomic E-state index is 0.102. The molecule has 2 aromatic rings. The summed E-state index contributed by atoms with van der Waals surface area (Å²) >= 11 is 6.72. The summed E-state index contributed by atoms with van der Waals surface area (Å²) in [6.45, 7) is 0. The summed E-state index contributed by atoms with van der Waals surface area (Å²) in [7, 11) is 0. The number of carbonyl (C=O) groups excluding carboxylic acids is 1. The number of carboxylic acid groups (broad SMARTS) is 1. The van der Waals surface area contributed by atoms with Crippen LogP contribution in [0.4, 0.5) is 10.5 Å². The summed E-state index contributed by atoms with van der Waals surface area (Å²) in [5.41, 5.74) is 6.45. The SMILES string of the molecule is N/C(=N/OC(=O)Nc1ccc(Cl)cc1)c1csc(C(=O)O)c1. The van der Waals surface area contributed by atoms with Crippen LogP contribution < -0.4 is 11.1 Å². The summed E-state index contributed by atoms with van der Waals surface area (Å²) in [5.74, 6) is -1.17. The zero-order valence-corrected chi connectivity index (χ0v) is 12.5. The zero-order valence-electron chi connectivity index (χ0n) is 10.9. The van der Waals surface area contributed by atoms with Gasteiger partial charge in [-0.15, -0.1) is 11.3 Å². The number of thiophene rings is 1. The van der Waals surface area contributed by atoms with Crippen molar-refractivity contribution in [3.05, 3.63) is 51.2 Å². The van der Waals surface area contributed by atoms with E-state index in [0.29, 0.717) is 16.3 Å². The Kier molecular flexibility index (Phi) is 4.97. The van der Waals surface area contributed by atoms with Gasteiger partial charge in [0.25, 0.3) is 0 Å². The Morgan fingerprint density at radius 1 is 1.32 bits per heavy atom. The number of nitrogens with zero attached hydrogens (tertiary/aromatic N) is 1. The van der Waals surface area contributed by atoms with Gasteiger partial charge in [0.2, 0.25) is 0 Å². The third-order valence-corrected chi connectivity index (χ3v) is 3.59. The number of anilines is 1. The van der Waals surface area contributed by atoms with Crippen molar-refractivity contribution in [2.75, 3.05) is 5.32 Å². The number of oxime groups is 1. The van der Waals surface area contributed by atoms with Crippen molar-refractivity contribution < 1.29 is 19.5 Å². The number of hydrogen-bond acceptors (Lipinski definition) is 5. The highest BCUT2D eigenvalue weighted by molar-refractivity contribution is 7.12. The fraction of sp³-hybridized carbons (Fsp3) is 0. The van der Waals surface area contributed by atoms with Gasteiger partial charge in [-0.1, -0.05) is 16.8 Å². The van der Waals surface area contributed by atoms with Crippen molar-refractivity contribution in [2.45, 2.75) is 0 Å². The van der Waals surface area contributed by atoms with E-state index in [0.717, 1.165) is 11.3 Å². The molecular formula is C13H10ClN3O4S. The topological polar surface area (TPSA) is 114 Å². The maximum Gasteiger partial charge on any atom is 0.437 e. The van der Waals surface area contributed by atoms with Crippen LogP contribution in [0.2, 0.25) is 5.02 Å². The van der Waals surface area contributed by atoms with Crippen LogP contribution in [0.5, 0.6) is 0 Å². The number of amides is 1. The molecule has 7 nitrogen and oxygen atoms in total. The van der Waals surface area contributed by atoms with E-state index in [1.165, 1.54) is 11.4 Å². The van der Waals surface area contributed by atoms with Gasteiger partial charge >= 0.3 is 12.1 Å². The summed E-state index contributed by atoms with van der Waals surface area (Å²) in [4.78, 5) is 27.0. The summed E-state index contributed by atoms with van der Waals surface area (Å²) in [6, 6.07) is 7.73. The number of nitrogens with two attached hydrogens (primary N) is 1. The Morgan fingerprint density at radius 3 is 2.59 bits per heavy atom. The predicted molar refractivity (Wildman–Crippen MR) is 83.6 cm³/mol. The molecule has 0 saturated heterocycles. The van der Waals surface area contributed by atoms with Gasteiger partial charge in [0.15, 0.2) is 5.84 Å². The molecule has 1 aromatic carbocycles. The maximum absolute atomic E-state index is 11.5. The molecule has 0 aliphatic rings. The average molecular weight is 340 g/mol. The van der Waals surface area contributed by atoms with Crippen LogP contribution in [-0.2, 0) is 4.84 Å². The van der Waals surface area contributed by atoms with Crippen LogP contribution in [0.3, 0.4) is 0 Å². The number of carbonyl (C=O) groups is 2. The minimum atomic E-state index is -1.06. The Balaban J connectivity index is 1.96. The monoisotopic (exact) mass is 339 g/mol. The third kappa shape index (κ3) is 4.21. The van der Waals surface area contributed by atoms with Crippen molar-refractivity contribution in [1.29, 1.82) is 0 Å². The van der Waals surface area contributed by atoms with E-state index in [4.69, 9.17) is 22.4 Å². The lowest BCUT2D eigenvalue weighted by atomic mass is 10.3. The van der Waals surface area contributed by atoms with Crippen molar-refractivity contribution >= 4 is 46.5 Å². The number of nitrogens with one attached hydrogen (secondary N) is 1. The van der Waals surface area contributed by atoms with E-state index < -0.39 is 12.1 Å². The summed E-state index contributed by atoms with van der Waals surface area (Å²) < 4.78 is 0. The van der Waals surface area contributed by atoms with E-state index in [1.54, 1.807) is 24.3 Å². The molecule has 0 aliphatic heterocycles. The molecule has 1 heterocycles. The average Bonchev–Trinajstić information content (AvgIpc) is 2.97. The normalized spacial score (nSPS) is 11.0. The molecule has 0 atom stereocenters. The van der Waals surface area contributed by atoms with Crippen LogP contribution in [0, 0.1) is 0 Å². The van der Waals surface area contributed by atoms with Gasteiger partial charge in [0.1, 0.15) is 4.88 Å². The third-order valence-electron chi connectivity index (χ3n) is 2.42. The molecular weight excluding hydrogens is 330 g/mol. The van der Waals surface area contributed by atoms with E-state index in [-0.39, 0.29) is 10.7 Å². The molecule has 0 unspecified atom stereocenters. The Bertz CT molecular complexity index is 727. The fourth-order valence-corrected chi connectivity index (χ4v) is 2.26. The molecule has 22 heavy (non-hydrogen) atoms. The first-order valence-electron chi connectivity index (χ1n) is 5.85. The highest BCUT2D eigenvalue weighted by atomic mass is 35.5. The Morgan fingerprint density at radius 2 is 2.00 bits per heavy atom. The van der Waals surface area contributed by atoms with Crippen LogP contribution in [0.15, 0.2) is 40.9 Å². The first-order valence-corrected chi connectivity index (χ1v) is 7.10. The Hall–Kier alpha value is -2.58. The fourth-order valence-electron chi connectivity index (χ4n) is 1.40. The van der Waals surface area contributed by atoms with Gasteiger partial charge in [-0.05, 0) is 30.3 Å². The van der Waals surface area contributed by atoms with Crippen molar-refractivity contribution in [3.8, 4) is 0 Å². The lowest BCUT2D eigenvalue weighted by Gasteiger charge is -2.03. The van der Waals surface area contributed by atoms with Gasteiger partial charge in [0, 0.05) is 21.7 Å². The number of aromatic carboxylic acids is 1. The molecule has 1 aromatic heterocycles. The molecule has 4 N–H and O–H groups in total. The minimum Gasteiger partial charge on any atom is -0.477 e. The summed E-state index contributed by atoms with van der Waals surface area (Å²) in [5, 5.41) is 16.7. The van der Waals surface area contributed by atoms with E-state index in [9.17, 15) is 9.59 Å². The van der Waals surface area contributed by atoms with E-state index >= 15 is 0 Å². The molecule has 1 amide bonds. The van der Waals surface area contributed by atoms with Gasteiger partial charge in [-0.25, -0.2) is 9.59 Å². The smallest absolute Gasteiger partial charge is 0.437 e. The van der Waals surface area contributed by atoms with Crippen LogP contribution in [0.1, 0.15) is 15.2 Å². The molecule has 0 bridgehead atoms. The molecule has 9 heteroatoms. The van der Waals surface area contributed by atoms with Gasteiger partial charge in [0.05, 0.1) is 0 Å². The van der Waals surface area contributed by atoms with Crippen LogP contribution in [-0.4, -0.2) is 23.0 Å². The van der Waals surface area contributed by atoms with E-state index in [1.807, 2.05) is 0 Å². The maximum atomic E-state index is 11.5. The van der Waals surface area contributed by atoms with Crippen molar-refractivity contribution in [1.82, 2.24) is 0 Å². The lowest BCUT2D eigenvalue weighted by molar-refractivity contribution is 0.0702. The molecule has 2 rings (SSSR count). The zero-order chi connectivity index (χ0) is 16.1. The number of halogens is 1. The second-order valence-corrected chi connectivity index (χ2v) is 5.34. The standard InChI is InChI=1S/C13H10ClN3O4S/c14-8-1-3-9(4-2-8)16-13(20)21-17-11(15)7-5-10(12(18)19)22-6-7/h1-6H,(H2,15,17)(H,16,20)(H,18,19). The highest BCUT2D eigenvalue weighted by Gasteiger charge is 2.10. The summed E-state index contributed by atoms with van der Waals surface area (Å²) in [6.07, 6.45) is -0.834.